The number of hydrogen-bond acceptors (Lipinski definition) is 4. The van der Waals surface area contributed by atoms with Crippen molar-refractivity contribution in [2.45, 2.75) is 26.4 Å². The summed E-state index contributed by atoms with van der Waals surface area (Å²) >= 11 is 0. The van der Waals surface area contributed by atoms with E-state index in [4.69, 9.17) is 9.47 Å². The lowest BCUT2D eigenvalue weighted by Gasteiger charge is -2.07. The summed E-state index contributed by atoms with van der Waals surface area (Å²) in [7, 11) is 1.47. The molecule has 4 nitrogen and oxygen atoms in total. The van der Waals surface area contributed by atoms with E-state index in [0.717, 1.165) is 12.0 Å². The highest BCUT2D eigenvalue weighted by molar-refractivity contribution is 5.69. The highest BCUT2D eigenvalue weighted by Crippen LogP contribution is 2.26. The first-order valence-corrected chi connectivity index (χ1v) is 5.19. The van der Waals surface area contributed by atoms with Crippen molar-refractivity contribution in [3.8, 4) is 11.5 Å². The molecule has 0 spiro atoms. The van der Waals surface area contributed by atoms with Crippen LogP contribution in [0.1, 0.15) is 25.3 Å². The minimum absolute atomic E-state index is 0.0751. The molecule has 0 unspecified atom stereocenters. The fourth-order valence-corrected chi connectivity index (χ4v) is 1.25. The lowest BCUT2D eigenvalue weighted by Crippen LogP contribution is -2.03. The molecule has 0 atom stereocenters. The Labute approximate surface area is 94.8 Å². The second kappa shape index (κ2) is 6.00. The highest BCUT2D eigenvalue weighted by Gasteiger charge is 2.05. The maximum atomic E-state index is 11.1. The Bertz CT molecular complexity index is 360. The average molecular weight is 224 g/mol. The van der Waals surface area contributed by atoms with Crippen molar-refractivity contribution in [1.82, 2.24) is 0 Å². The summed E-state index contributed by atoms with van der Waals surface area (Å²) in [5.41, 5.74) is 0.791. The van der Waals surface area contributed by atoms with Crippen LogP contribution in [0, 0.1) is 0 Å². The van der Waals surface area contributed by atoms with Crippen LogP contribution in [0.2, 0.25) is 0 Å². The molecular weight excluding hydrogens is 208 g/mol. The second-order valence-electron chi connectivity index (χ2n) is 3.42. The normalized spacial score (nSPS) is 9.88. The van der Waals surface area contributed by atoms with Crippen molar-refractivity contribution in [2.24, 2.45) is 0 Å². The number of esters is 1. The zero-order valence-electron chi connectivity index (χ0n) is 9.53. The Morgan fingerprint density at radius 1 is 1.44 bits per heavy atom. The third kappa shape index (κ3) is 3.46. The molecule has 0 aliphatic rings. The molecule has 0 aromatic heterocycles. The van der Waals surface area contributed by atoms with E-state index in [1.165, 1.54) is 13.2 Å². The maximum Gasteiger partial charge on any atom is 0.306 e. The summed E-state index contributed by atoms with van der Waals surface area (Å²) in [6.07, 6.45) is 1.20. The van der Waals surface area contributed by atoms with Crippen LogP contribution >= 0.6 is 0 Å². The van der Waals surface area contributed by atoms with E-state index in [1.54, 1.807) is 12.1 Å². The van der Waals surface area contributed by atoms with E-state index in [-0.39, 0.29) is 18.3 Å². The van der Waals surface area contributed by atoms with Crippen molar-refractivity contribution in [2.75, 3.05) is 7.11 Å². The van der Waals surface area contributed by atoms with Crippen LogP contribution in [-0.2, 0) is 16.1 Å². The summed E-state index contributed by atoms with van der Waals surface area (Å²) in [5, 5.41) is 9.36. The topological polar surface area (TPSA) is 55.8 Å². The van der Waals surface area contributed by atoms with E-state index in [0.29, 0.717) is 12.2 Å². The molecular formula is C12H16O4. The molecule has 0 fully saturated rings. The van der Waals surface area contributed by atoms with Gasteiger partial charge in [-0.15, -0.1) is 0 Å². The van der Waals surface area contributed by atoms with Crippen molar-refractivity contribution >= 4 is 5.97 Å². The van der Waals surface area contributed by atoms with Crippen LogP contribution in [0.5, 0.6) is 11.5 Å². The zero-order chi connectivity index (χ0) is 12.0. The maximum absolute atomic E-state index is 11.1. The van der Waals surface area contributed by atoms with Crippen molar-refractivity contribution in [3.05, 3.63) is 23.8 Å². The molecule has 1 N–H and O–H groups in total. The SMILES string of the molecule is CCCC(=O)OCc1ccc(O)c(OC)c1. The molecule has 0 amide bonds. The summed E-state index contributed by atoms with van der Waals surface area (Å²) in [5.74, 6) is 0.240. The fourth-order valence-electron chi connectivity index (χ4n) is 1.25. The smallest absolute Gasteiger partial charge is 0.306 e. The van der Waals surface area contributed by atoms with Gasteiger partial charge in [0.1, 0.15) is 6.61 Å². The molecule has 88 valence electrons. The molecule has 0 heterocycles. The standard InChI is InChI=1S/C12H16O4/c1-3-4-12(14)16-8-9-5-6-10(13)11(7-9)15-2/h5-7,13H,3-4,8H2,1-2H3. The summed E-state index contributed by atoms with van der Waals surface area (Å²) in [6, 6.07) is 4.85. The monoisotopic (exact) mass is 224 g/mol. The Kier molecular flexibility index (Phi) is 4.64. The van der Waals surface area contributed by atoms with E-state index in [9.17, 15) is 9.90 Å². The largest absolute Gasteiger partial charge is 0.504 e. The number of rotatable bonds is 5. The number of aromatic hydroxyl groups is 1. The van der Waals surface area contributed by atoms with E-state index < -0.39 is 0 Å². The van der Waals surface area contributed by atoms with Crippen LogP contribution in [-0.4, -0.2) is 18.2 Å². The highest BCUT2D eigenvalue weighted by atomic mass is 16.5. The number of phenolic OH excluding ortho intramolecular Hbond substituents is 1. The fraction of sp³-hybridized carbons (Fsp3) is 0.417. The number of phenols is 1. The van der Waals surface area contributed by atoms with Crippen LogP contribution < -0.4 is 4.74 Å². The van der Waals surface area contributed by atoms with Gasteiger partial charge >= 0.3 is 5.97 Å². The molecule has 0 aliphatic heterocycles. The second-order valence-corrected chi connectivity index (χ2v) is 3.42. The number of hydrogen-bond donors (Lipinski definition) is 1. The Balaban J connectivity index is 2.57. The third-order valence-electron chi connectivity index (χ3n) is 2.10. The summed E-state index contributed by atoms with van der Waals surface area (Å²) < 4.78 is 9.98. The summed E-state index contributed by atoms with van der Waals surface area (Å²) in [6.45, 7) is 2.13. The lowest BCUT2D eigenvalue weighted by atomic mass is 10.2. The molecule has 0 saturated carbocycles. The molecule has 1 aromatic rings. The van der Waals surface area contributed by atoms with Crippen LogP contribution in [0.25, 0.3) is 0 Å². The quantitative estimate of drug-likeness (QED) is 0.779. The first-order valence-electron chi connectivity index (χ1n) is 5.19. The van der Waals surface area contributed by atoms with Gasteiger partial charge in [0.25, 0.3) is 0 Å². The minimum atomic E-state index is -0.213. The third-order valence-corrected chi connectivity index (χ3v) is 2.10. The van der Waals surface area contributed by atoms with Gasteiger partial charge in [0.05, 0.1) is 7.11 Å². The Morgan fingerprint density at radius 3 is 2.81 bits per heavy atom. The Morgan fingerprint density at radius 2 is 2.19 bits per heavy atom. The first kappa shape index (κ1) is 12.4. The van der Waals surface area contributed by atoms with Gasteiger partial charge in [-0.2, -0.15) is 0 Å². The van der Waals surface area contributed by atoms with Gasteiger partial charge < -0.3 is 14.6 Å². The molecule has 0 radical (unpaired) electrons. The van der Waals surface area contributed by atoms with Crippen LogP contribution in [0.4, 0.5) is 0 Å². The zero-order valence-corrected chi connectivity index (χ0v) is 9.53. The van der Waals surface area contributed by atoms with Crippen molar-refractivity contribution < 1.29 is 19.4 Å². The van der Waals surface area contributed by atoms with Crippen LogP contribution in [0.15, 0.2) is 18.2 Å². The number of benzene rings is 1. The van der Waals surface area contributed by atoms with Crippen molar-refractivity contribution in [1.29, 1.82) is 0 Å². The van der Waals surface area contributed by atoms with Crippen molar-refractivity contribution in [3.63, 3.8) is 0 Å². The number of ether oxygens (including phenoxy) is 2. The van der Waals surface area contributed by atoms with Gasteiger partial charge in [0, 0.05) is 6.42 Å². The van der Waals surface area contributed by atoms with Gasteiger partial charge in [0.15, 0.2) is 11.5 Å². The van der Waals surface area contributed by atoms with E-state index in [1.807, 2.05) is 6.92 Å². The molecule has 0 aliphatic carbocycles. The van der Waals surface area contributed by atoms with Crippen LogP contribution in [0.3, 0.4) is 0 Å². The first-order chi connectivity index (χ1) is 7.67. The summed E-state index contributed by atoms with van der Waals surface area (Å²) in [4.78, 5) is 11.1. The average Bonchev–Trinajstić information content (AvgIpc) is 2.28. The molecule has 0 saturated heterocycles. The van der Waals surface area contributed by atoms with E-state index >= 15 is 0 Å². The number of carbonyl (C=O) groups excluding carboxylic acids is 1. The molecule has 1 aromatic carbocycles. The van der Waals surface area contributed by atoms with Gasteiger partial charge in [-0.3, -0.25) is 4.79 Å². The van der Waals surface area contributed by atoms with Gasteiger partial charge in [-0.05, 0) is 24.1 Å². The Hall–Kier alpha value is -1.71. The minimum Gasteiger partial charge on any atom is -0.504 e. The number of carbonyl (C=O) groups is 1. The number of methoxy groups -OCH3 is 1. The van der Waals surface area contributed by atoms with E-state index in [2.05, 4.69) is 0 Å². The van der Waals surface area contributed by atoms with Gasteiger partial charge in [0.2, 0.25) is 0 Å². The lowest BCUT2D eigenvalue weighted by molar-refractivity contribution is -0.144. The van der Waals surface area contributed by atoms with Gasteiger partial charge in [-0.1, -0.05) is 13.0 Å². The predicted molar refractivity (Wildman–Crippen MR) is 59.4 cm³/mol. The molecule has 16 heavy (non-hydrogen) atoms. The predicted octanol–water partition coefficient (Wildman–Crippen LogP) is 2.24. The molecule has 1 rings (SSSR count). The molecule has 0 bridgehead atoms. The molecule has 4 heteroatoms. The van der Waals surface area contributed by atoms with Gasteiger partial charge in [-0.25, -0.2) is 0 Å².